The first-order chi connectivity index (χ1) is 12.7. The van der Waals surface area contributed by atoms with E-state index < -0.39 is 0 Å². The second kappa shape index (κ2) is 5.26. The van der Waals surface area contributed by atoms with Gasteiger partial charge in [-0.3, -0.25) is 4.40 Å². The van der Waals surface area contributed by atoms with E-state index in [0.29, 0.717) is 17.1 Å². The van der Waals surface area contributed by atoms with Crippen LogP contribution in [0.2, 0.25) is 0 Å². The summed E-state index contributed by atoms with van der Waals surface area (Å²) < 4.78 is 18.3. The molecule has 130 valence electrons. The van der Waals surface area contributed by atoms with Crippen molar-refractivity contribution in [1.29, 1.82) is 0 Å². The molecule has 1 aliphatic rings. The van der Waals surface area contributed by atoms with Gasteiger partial charge in [0.1, 0.15) is 11.6 Å². The van der Waals surface area contributed by atoms with Crippen LogP contribution in [-0.4, -0.2) is 28.5 Å². The number of pyridine rings is 1. The number of anilines is 1. The van der Waals surface area contributed by atoms with Crippen molar-refractivity contribution in [3.05, 3.63) is 42.2 Å². The van der Waals surface area contributed by atoms with Gasteiger partial charge in [0, 0.05) is 10.9 Å². The van der Waals surface area contributed by atoms with Gasteiger partial charge in [-0.15, -0.1) is 10.2 Å². The van der Waals surface area contributed by atoms with Gasteiger partial charge >= 0.3 is 0 Å². The van der Waals surface area contributed by atoms with Gasteiger partial charge in [-0.1, -0.05) is 6.07 Å². The number of aromatic nitrogens is 3. The molecule has 0 fully saturated rings. The standard InChI is InChI=1S/C19H16N4O3/c1-10-21-22-19-18(20)17(11-3-6-15-16(7-11)26-9-25-15)13-8-12(24-2)4-5-14(13)23(10)19/h3-8H,9,20H2,1-2H3. The predicted molar refractivity (Wildman–Crippen MR) is 97.8 cm³/mol. The first-order valence-corrected chi connectivity index (χ1v) is 8.18. The van der Waals surface area contributed by atoms with Gasteiger partial charge in [0.05, 0.1) is 18.3 Å². The molecule has 0 aliphatic carbocycles. The molecule has 7 nitrogen and oxygen atoms in total. The zero-order chi connectivity index (χ0) is 17.8. The van der Waals surface area contributed by atoms with Gasteiger partial charge < -0.3 is 19.9 Å². The molecule has 1 aliphatic heterocycles. The Hall–Kier alpha value is -3.48. The van der Waals surface area contributed by atoms with E-state index in [2.05, 4.69) is 10.2 Å². The van der Waals surface area contributed by atoms with E-state index >= 15 is 0 Å². The maximum atomic E-state index is 6.53. The van der Waals surface area contributed by atoms with Crippen molar-refractivity contribution in [3.8, 4) is 28.4 Å². The average molecular weight is 348 g/mol. The third-order valence-corrected chi connectivity index (χ3v) is 4.71. The molecule has 0 bridgehead atoms. The summed E-state index contributed by atoms with van der Waals surface area (Å²) in [6, 6.07) is 11.7. The smallest absolute Gasteiger partial charge is 0.231 e. The quantitative estimate of drug-likeness (QED) is 0.599. The number of methoxy groups -OCH3 is 1. The van der Waals surface area contributed by atoms with Crippen LogP contribution in [-0.2, 0) is 0 Å². The number of benzene rings is 2. The Kier molecular flexibility index (Phi) is 3.00. The second-order valence-electron chi connectivity index (χ2n) is 6.15. The maximum Gasteiger partial charge on any atom is 0.231 e. The third-order valence-electron chi connectivity index (χ3n) is 4.71. The highest BCUT2D eigenvalue weighted by molar-refractivity contribution is 6.06. The zero-order valence-corrected chi connectivity index (χ0v) is 14.3. The van der Waals surface area contributed by atoms with Crippen LogP contribution in [0.25, 0.3) is 27.7 Å². The predicted octanol–water partition coefficient (Wildman–Crippen LogP) is 3.18. The van der Waals surface area contributed by atoms with E-state index in [1.54, 1.807) is 7.11 Å². The summed E-state index contributed by atoms with van der Waals surface area (Å²) in [6.07, 6.45) is 0. The number of hydrogen-bond donors (Lipinski definition) is 1. The Balaban J connectivity index is 1.92. The number of nitrogens with zero attached hydrogens (tertiary/aromatic N) is 3. The molecule has 0 saturated carbocycles. The van der Waals surface area contributed by atoms with Crippen LogP contribution < -0.4 is 19.9 Å². The fraction of sp³-hybridized carbons (Fsp3) is 0.158. The van der Waals surface area contributed by atoms with Crippen LogP contribution in [0.1, 0.15) is 5.82 Å². The summed E-state index contributed by atoms with van der Waals surface area (Å²) in [5.74, 6) is 2.96. The number of ether oxygens (including phenoxy) is 3. The summed E-state index contributed by atoms with van der Waals surface area (Å²) in [7, 11) is 1.65. The zero-order valence-electron chi connectivity index (χ0n) is 14.3. The molecule has 7 heteroatoms. The molecule has 0 amide bonds. The highest BCUT2D eigenvalue weighted by Gasteiger charge is 2.20. The molecule has 5 rings (SSSR count). The van der Waals surface area contributed by atoms with E-state index in [9.17, 15) is 0 Å². The second-order valence-corrected chi connectivity index (χ2v) is 6.15. The van der Waals surface area contributed by atoms with E-state index in [0.717, 1.165) is 39.4 Å². The Morgan fingerprint density at radius 3 is 2.77 bits per heavy atom. The molecule has 2 aromatic carbocycles. The fourth-order valence-corrected chi connectivity index (χ4v) is 3.48. The van der Waals surface area contributed by atoms with Crippen LogP contribution in [0.15, 0.2) is 36.4 Å². The lowest BCUT2D eigenvalue weighted by Gasteiger charge is -2.14. The van der Waals surface area contributed by atoms with Crippen molar-refractivity contribution in [1.82, 2.24) is 14.6 Å². The molecule has 0 radical (unpaired) electrons. The van der Waals surface area contributed by atoms with Crippen molar-refractivity contribution in [2.24, 2.45) is 0 Å². The van der Waals surface area contributed by atoms with E-state index in [-0.39, 0.29) is 6.79 Å². The van der Waals surface area contributed by atoms with Crippen molar-refractivity contribution in [2.75, 3.05) is 19.6 Å². The highest BCUT2D eigenvalue weighted by Crippen LogP contribution is 2.42. The van der Waals surface area contributed by atoms with E-state index in [1.165, 1.54) is 0 Å². The van der Waals surface area contributed by atoms with Gasteiger partial charge in [0.25, 0.3) is 0 Å². The van der Waals surface area contributed by atoms with Crippen molar-refractivity contribution < 1.29 is 14.2 Å². The monoisotopic (exact) mass is 348 g/mol. The topological polar surface area (TPSA) is 83.9 Å². The lowest BCUT2D eigenvalue weighted by Crippen LogP contribution is -2.01. The van der Waals surface area contributed by atoms with E-state index in [4.69, 9.17) is 19.9 Å². The molecule has 3 heterocycles. The van der Waals surface area contributed by atoms with Crippen LogP contribution in [0.5, 0.6) is 17.2 Å². The molecule has 26 heavy (non-hydrogen) atoms. The molecule has 0 spiro atoms. The van der Waals surface area contributed by atoms with Crippen molar-refractivity contribution in [3.63, 3.8) is 0 Å². The van der Waals surface area contributed by atoms with Crippen LogP contribution in [0.3, 0.4) is 0 Å². The first-order valence-electron chi connectivity index (χ1n) is 8.18. The molecular formula is C19H16N4O3. The molecule has 0 saturated heterocycles. The fourth-order valence-electron chi connectivity index (χ4n) is 3.48. The number of fused-ring (bicyclic) bond motifs is 4. The summed E-state index contributed by atoms with van der Waals surface area (Å²) in [6.45, 7) is 2.13. The highest BCUT2D eigenvalue weighted by atomic mass is 16.7. The Morgan fingerprint density at radius 1 is 1.08 bits per heavy atom. The number of aryl methyl sites for hydroxylation is 1. The van der Waals surface area contributed by atoms with Gasteiger partial charge in [-0.2, -0.15) is 0 Å². The Bertz CT molecular complexity index is 1180. The maximum absolute atomic E-state index is 6.53. The molecule has 2 aromatic heterocycles. The van der Waals surface area contributed by atoms with E-state index in [1.807, 2.05) is 47.7 Å². The lowest BCUT2D eigenvalue weighted by molar-refractivity contribution is 0.174. The van der Waals surface area contributed by atoms with Crippen molar-refractivity contribution in [2.45, 2.75) is 6.92 Å². The number of rotatable bonds is 2. The summed E-state index contributed by atoms with van der Waals surface area (Å²) in [4.78, 5) is 0. The molecule has 2 N–H and O–H groups in total. The third kappa shape index (κ3) is 1.94. The minimum atomic E-state index is 0.227. The lowest BCUT2D eigenvalue weighted by atomic mass is 9.98. The SMILES string of the molecule is COc1ccc2c(c1)c(-c1ccc3c(c1)OCO3)c(N)c1nnc(C)n12. The number of nitrogen functional groups attached to an aromatic ring is 1. The van der Waals surface area contributed by atoms with Crippen LogP contribution in [0, 0.1) is 6.92 Å². The van der Waals surface area contributed by atoms with Gasteiger partial charge in [-0.05, 0) is 42.8 Å². The average Bonchev–Trinajstić information content (AvgIpc) is 3.28. The normalized spacial score (nSPS) is 12.8. The summed E-state index contributed by atoms with van der Waals surface area (Å²) in [5.41, 5.74) is 10.5. The van der Waals surface area contributed by atoms with Gasteiger partial charge in [0.2, 0.25) is 6.79 Å². The minimum absolute atomic E-state index is 0.227. The van der Waals surface area contributed by atoms with Crippen LogP contribution in [0.4, 0.5) is 5.69 Å². The number of hydrogen-bond acceptors (Lipinski definition) is 6. The minimum Gasteiger partial charge on any atom is -0.497 e. The van der Waals surface area contributed by atoms with Gasteiger partial charge in [0.15, 0.2) is 17.1 Å². The molecule has 4 aromatic rings. The molecule has 0 unspecified atom stereocenters. The molecule has 0 atom stereocenters. The van der Waals surface area contributed by atoms with Crippen LogP contribution >= 0.6 is 0 Å². The first kappa shape index (κ1) is 14.8. The Labute approximate surface area is 148 Å². The summed E-state index contributed by atoms with van der Waals surface area (Å²) >= 11 is 0. The largest absolute Gasteiger partial charge is 0.497 e. The number of nitrogens with two attached hydrogens (primary N) is 1. The molecular weight excluding hydrogens is 332 g/mol. The summed E-state index contributed by atoms with van der Waals surface area (Å²) in [5, 5.41) is 9.42. The van der Waals surface area contributed by atoms with Gasteiger partial charge in [-0.25, -0.2) is 0 Å². The van der Waals surface area contributed by atoms with Crippen molar-refractivity contribution >= 4 is 22.2 Å². The Morgan fingerprint density at radius 2 is 1.92 bits per heavy atom.